The van der Waals surface area contributed by atoms with E-state index in [0.717, 1.165) is 38.5 Å². The van der Waals surface area contributed by atoms with Crippen LogP contribution in [0, 0.1) is 28.6 Å². The Balaban J connectivity index is 0.000000259. The Bertz CT molecular complexity index is 890. The van der Waals surface area contributed by atoms with Crippen LogP contribution in [-0.4, -0.2) is 47.2 Å². The van der Waals surface area contributed by atoms with Gasteiger partial charge >= 0.3 is 20.8 Å². The minimum Gasteiger partial charge on any atom is -0.343 e. The molecule has 3 fully saturated rings. The van der Waals surface area contributed by atoms with Gasteiger partial charge in [-0.1, -0.05) is 31.4 Å². The summed E-state index contributed by atoms with van der Waals surface area (Å²) in [6.07, 6.45) is 13.4. The molecule has 0 aromatic heterocycles. The maximum absolute atomic E-state index is 10.1. The summed E-state index contributed by atoms with van der Waals surface area (Å²) in [7, 11) is -10.2. The molecule has 5 N–H and O–H groups in total. The molecule has 0 heterocycles. The van der Waals surface area contributed by atoms with Crippen LogP contribution in [0.25, 0.3) is 0 Å². The van der Waals surface area contributed by atoms with Gasteiger partial charge in [-0.2, -0.15) is 16.8 Å². The number of rotatable bonds is 3. The van der Waals surface area contributed by atoms with Crippen molar-refractivity contribution in [3.63, 3.8) is 0 Å². The molecular formula is C19H32O10S2. The molecule has 0 aromatic carbocycles. The number of aliphatic hydroxyl groups is 3. The van der Waals surface area contributed by atoms with Gasteiger partial charge in [-0.05, 0) is 74.5 Å². The monoisotopic (exact) mass is 484 g/mol. The van der Waals surface area contributed by atoms with Crippen LogP contribution in [0.15, 0.2) is 11.6 Å². The second kappa shape index (κ2) is 8.32. The molecule has 0 radical (unpaired) electrons. The predicted octanol–water partition coefficient (Wildman–Crippen LogP) is 1.95. The molecule has 0 unspecified atom stereocenters. The summed E-state index contributed by atoms with van der Waals surface area (Å²) in [5, 5.41) is 30.3. The minimum atomic E-state index is -5.12. The molecule has 0 saturated heterocycles. The normalized spacial score (nSPS) is 38.1. The van der Waals surface area contributed by atoms with E-state index >= 15 is 0 Å². The van der Waals surface area contributed by atoms with Crippen LogP contribution in [0.1, 0.15) is 71.1 Å². The first-order valence-corrected chi connectivity index (χ1v) is 13.3. The van der Waals surface area contributed by atoms with E-state index in [0.29, 0.717) is 17.3 Å². The Labute approximate surface area is 183 Å². The Morgan fingerprint density at radius 2 is 1.58 bits per heavy atom. The van der Waals surface area contributed by atoms with E-state index in [1.807, 2.05) is 0 Å². The molecule has 0 bridgehead atoms. The summed E-state index contributed by atoms with van der Waals surface area (Å²) in [4.78, 5) is 0. The van der Waals surface area contributed by atoms with Crippen LogP contribution < -0.4 is 0 Å². The highest BCUT2D eigenvalue weighted by atomic mass is 32.3. The minimum absolute atomic E-state index is 0.266. The SMILES string of the molecule is C[C@]12CCCCC1=CC[C@H]1[C@@H]3CCC[C@@]3(C(O)(O)O)CC[C@@H]12.O=S(=O)(O)OS(=O)(=O)O. The van der Waals surface area contributed by atoms with E-state index in [-0.39, 0.29) is 5.92 Å². The van der Waals surface area contributed by atoms with Crippen molar-refractivity contribution in [3.8, 4) is 0 Å². The van der Waals surface area contributed by atoms with E-state index < -0.39 is 32.2 Å². The van der Waals surface area contributed by atoms with Gasteiger partial charge < -0.3 is 15.3 Å². The Morgan fingerprint density at radius 1 is 0.935 bits per heavy atom. The second-order valence-electron chi connectivity index (χ2n) is 9.61. The second-order valence-corrected chi connectivity index (χ2v) is 11.9. The van der Waals surface area contributed by atoms with Crippen molar-refractivity contribution >= 4 is 20.8 Å². The third-order valence-corrected chi connectivity index (χ3v) is 9.58. The fourth-order valence-electron chi connectivity index (χ4n) is 7.04. The topological polar surface area (TPSA) is 179 Å². The van der Waals surface area contributed by atoms with Gasteiger partial charge in [0.25, 0.3) is 5.97 Å². The molecule has 0 aliphatic heterocycles. The third-order valence-electron chi connectivity index (χ3n) is 8.20. The zero-order chi connectivity index (χ0) is 23.3. The highest BCUT2D eigenvalue weighted by molar-refractivity contribution is 7.94. The van der Waals surface area contributed by atoms with Gasteiger partial charge in [0.2, 0.25) is 0 Å². The molecule has 5 atom stereocenters. The highest BCUT2D eigenvalue weighted by Gasteiger charge is 2.63. The van der Waals surface area contributed by atoms with E-state index in [9.17, 15) is 32.2 Å². The van der Waals surface area contributed by atoms with Crippen LogP contribution >= 0.6 is 0 Å². The summed E-state index contributed by atoms with van der Waals surface area (Å²) in [6, 6.07) is 0. The van der Waals surface area contributed by atoms with Crippen molar-refractivity contribution < 1.29 is 44.9 Å². The van der Waals surface area contributed by atoms with Gasteiger partial charge in [0.15, 0.2) is 0 Å². The summed E-state index contributed by atoms with van der Waals surface area (Å²) in [5.41, 5.74) is 1.33. The lowest BCUT2D eigenvalue weighted by Crippen LogP contribution is -2.58. The molecular weight excluding hydrogens is 452 g/mol. The first-order valence-electron chi connectivity index (χ1n) is 10.6. The number of allylic oxidation sites excluding steroid dienone is 2. The van der Waals surface area contributed by atoms with Crippen molar-refractivity contribution in [1.82, 2.24) is 0 Å². The van der Waals surface area contributed by atoms with Crippen molar-refractivity contribution in [2.75, 3.05) is 0 Å². The highest BCUT2D eigenvalue weighted by Crippen LogP contribution is 2.66. The lowest BCUT2D eigenvalue weighted by Gasteiger charge is -2.58. The molecule has 0 aromatic rings. The lowest BCUT2D eigenvalue weighted by molar-refractivity contribution is -0.392. The molecule has 3 saturated carbocycles. The number of fused-ring (bicyclic) bond motifs is 5. The third kappa shape index (κ3) is 5.01. The summed E-state index contributed by atoms with van der Waals surface area (Å²) in [5.74, 6) is -1.04. The lowest BCUT2D eigenvalue weighted by atomic mass is 9.47. The van der Waals surface area contributed by atoms with Crippen molar-refractivity contribution in [1.29, 1.82) is 0 Å². The quantitative estimate of drug-likeness (QED) is 0.226. The zero-order valence-corrected chi connectivity index (χ0v) is 19.1. The molecule has 0 amide bonds. The standard InChI is InChI=1S/C19H30O3.H2O7S2/c1-17-10-3-2-5-13(17)7-8-14-15(17)9-12-18(19(20,21)22)11-4-6-16(14)18;1-8(2,3)7-9(4,5)6/h7,14-16,20-22H,2-6,8-12H2,1H3;(H,1,2,3)(H,4,5,6)/t14-,15+,16+,17+,18-;/m1./s1. The van der Waals surface area contributed by atoms with Gasteiger partial charge in [0.1, 0.15) is 0 Å². The number of hydrogen-bond donors (Lipinski definition) is 5. The van der Waals surface area contributed by atoms with Gasteiger partial charge in [-0.15, -0.1) is 3.63 Å². The van der Waals surface area contributed by atoms with Crippen LogP contribution in [-0.2, 0) is 24.4 Å². The fraction of sp³-hybridized carbons (Fsp3) is 0.895. The zero-order valence-electron chi connectivity index (χ0n) is 17.5. The van der Waals surface area contributed by atoms with Gasteiger partial charge in [0, 0.05) is 0 Å². The average Bonchev–Trinajstić information content (AvgIpc) is 3.04. The van der Waals surface area contributed by atoms with Crippen LogP contribution in [0.2, 0.25) is 0 Å². The Morgan fingerprint density at radius 3 is 2.13 bits per heavy atom. The summed E-state index contributed by atoms with van der Waals surface area (Å²) < 4.78 is 55.6. The Hall–Kier alpha value is -0.600. The predicted molar refractivity (Wildman–Crippen MR) is 109 cm³/mol. The van der Waals surface area contributed by atoms with E-state index in [1.165, 1.54) is 25.7 Å². The summed E-state index contributed by atoms with van der Waals surface area (Å²) >= 11 is 0. The molecule has 4 aliphatic rings. The molecule has 12 heteroatoms. The fourth-order valence-corrected chi connectivity index (χ4v) is 7.91. The van der Waals surface area contributed by atoms with Crippen molar-refractivity contribution in [2.24, 2.45) is 28.6 Å². The maximum atomic E-state index is 10.1. The van der Waals surface area contributed by atoms with E-state index in [1.54, 1.807) is 5.57 Å². The molecule has 4 aliphatic carbocycles. The van der Waals surface area contributed by atoms with Gasteiger partial charge in [-0.3, -0.25) is 9.11 Å². The van der Waals surface area contributed by atoms with Crippen molar-refractivity contribution in [3.05, 3.63) is 11.6 Å². The smallest absolute Gasteiger partial charge is 0.343 e. The Kier molecular flexibility index (Phi) is 6.71. The van der Waals surface area contributed by atoms with E-state index in [4.69, 9.17) is 9.11 Å². The van der Waals surface area contributed by atoms with Crippen LogP contribution in [0.4, 0.5) is 0 Å². The first kappa shape index (κ1) is 25.0. The summed E-state index contributed by atoms with van der Waals surface area (Å²) in [6.45, 7) is 2.46. The van der Waals surface area contributed by atoms with E-state index in [2.05, 4.69) is 16.6 Å². The maximum Gasteiger partial charge on any atom is 0.413 e. The molecule has 0 spiro atoms. The molecule has 31 heavy (non-hydrogen) atoms. The largest absolute Gasteiger partial charge is 0.413 e. The molecule has 4 rings (SSSR count). The average molecular weight is 485 g/mol. The first-order chi connectivity index (χ1) is 14.1. The van der Waals surface area contributed by atoms with Crippen LogP contribution in [0.5, 0.6) is 0 Å². The molecule has 180 valence electrons. The van der Waals surface area contributed by atoms with Crippen molar-refractivity contribution in [2.45, 2.75) is 77.1 Å². The number of hydrogen-bond acceptors (Lipinski definition) is 8. The van der Waals surface area contributed by atoms with Gasteiger partial charge in [0.05, 0.1) is 5.41 Å². The van der Waals surface area contributed by atoms with Gasteiger partial charge in [-0.25, -0.2) is 0 Å². The van der Waals surface area contributed by atoms with Crippen LogP contribution in [0.3, 0.4) is 0 Å². The molecule has 10 nitrogen and oxygen atoms in total.